The molecule has 6 nitrogen and oxygen atoms in total. The zero-order valence-corrected chi connectivity index (χ0v) is 17.5. The maximum atomic E-state index is 6.15. The van der Waals surface area contributed by atoms with Gasteiger partial charge in [-0.3, -0.25) is 4.98 Å². The van der Waals surface area contributed by atoms with Gasteiger partial charge in [-0.25, -0.2) is 9.98 Å². The van der Waals surface area contributed by atoms with Gasteiger partial charge in [0.15, 0.2) is 11.9 Å². The first-order chi connectivity index (χ1) is 15.0. The largest absolute Gasteiger partial charge is 0.480 e. The van der Waals surface area contributed by atoms with E-state index in [1.165, 1.54) is 6.40 Å². The molecule has 0 aliphatic carbocycles. The molecule has 0 amide bonds. The Kier molecular flexibility index (Phi) is 4.49. The summed E-state index contributed by atoms with van der Waals surface area (Å²) >= 11 is 0. The van der Waals surface area contributed by atoms with Crippen molar-refractivity contribution in [1.82, 2.24) is 9.97 Å². The molecule has 1 atom stereocenters. The Morgan fingerprint density at radius 3 is 2.74 bits per heavy atom. The number of rotatable bonds is 2. The second-order valence-corrected chi connectivity index (χ2v) is 8.00. The number of fused-ring (bicyclic) bond motifs is 4. The number of hydrogen-bond acceptors (Lipinski definition) is 6. The van der Waals surface area contributed by atoms with Crippen LogP contribution in [0.25, 0.3) is 11.1 Å². The quantitative estimate of drug-likeness (QED) is 0.588. The zero-order valence-electron chi connectivity index (χ0n) is 17.5. The summed E-state index contributed by atoms with van der Waals surface area (Å²) in [6.45, 7) is 4.23. The summed E-state index contributed by atoms with van der Waals surface area (Å²) in [5.74, 6) is 7.60. The summed E-state index contributed by atoms with van der Waals surface area (Å²) in [4.78, 5) is 13.6. The molecule has 3 aromatic rings. The van der Waals surface area contributed by atoms with Crippen LogP contribution in [0.5, 0.6) is 11.6 Å². The minimum Gasteiger partial charge on any atom is -0.480 e. The number of hydrogen-bond donors (Lipinski definition) is 0. The average molecular weight is 411 g/mol. The monoisotopic (exact) mass is 411 g/mol. The van der Waals surface area contributed by atoms with Gasteiger partial charge in [-0.2, -0.15) is 0 Å². The normalized spacial score (nSPS) is 18.4. The molecule has 5 rings (SSSR count). The van der Waals surface area contributed by atoms with Crippen LogP contribution in [0, 0.1) is 11.8 Å². The number of aliphatic imine (C=N–C) groups is 1. The molecule has 1 aromatic carbocycles. The van der Waals surface area contributed by atoms with Crippen molar-refractivity contribution in [3.63, 3.8) is 0 Å². The summed E-state index contributed by atoms with van der Waals surface area (Å²) in [5.41, 5.74) is 3.27. The fourth-order valence-corrected chi connectivity index (χ4v) is 3.68. The van der Waals surface area contributed by atoms with Crippen molar-refractivity contribution in [2.45, 2.75) is 25.0 Å². The summed E-state index contributed by atoms with van der Waals surface area (Å²) in [6.07, 6.45) is 6.86. The van der Waals surface area contributed by atoms with Gasteiger partial charge in [0.1, 0.15) is 18.0 Å². The Bertz CT molecular complexity index is 1240. The van der Waals surface area contributed by atoms with Gasteiger partial charge >= 0.3 is 0 Å². The van der Waals surface area contributed by atoms with Crippen molar-refractivity contribution in [3.8, 4) is 34.6 Å². The van der Waals surface area contributed by atoms with Gasteiger partial charge in [-0.1, -0.05) is 17.9 Å². The van der Waals surface area contributed by atoms with Crippen LogP contribution in [0.1, 0.15) is 30.5 Å². The Hall–Kier alpha value is -3.69. The van der Waals surface area contributed by atoms with Gasteiger partial charge in [0.2, 0.25) is 5.88 Å². The van der Waals surface area contributed by atoms with Crippen molar-refractivity contribution in [1.29, 1.82) is 0 Å². The van der Waals surface area contributed by atoms with E-state index in [-0.39, 0.29) is 0 Å². The Balaban J connectivity index is 1.64. The molecular weight excluding hydrogens is 390 g/mol. The Morgan fingerprint density at radius 1 is 1.10 bits per heavy atom. The van der Waals surface area contributed by atoms with Gasteiger partial charge in [-0.15, -0.1) is 0 Å². The summed E-state index contributed by atoms with van der Waals surface area (Å²) < 4.78 is 17.2. The zero-order chi connectivity index (χ0) is 21.5. The molecule has 2 aliphatic heterocycles. The number of aromatic nitrogens is 2. The highest BCUT2D eigenvalue weighted by atomic mass is 16.5. The van der Waals surface area contributed by atoms with E-state index in [9.17, 15) is 0 Å². The van der Waals surface area contributed by atoms with Crippen LogP contribution in [0.3, 0.4) is 0 Å². The maximum Gasteiger partial charge on any atom is 0.225 e. The molecule has 2 aliphatic rings. The molecule has 0 saturated heterocycles. The van der Waals surface area contributed by atoms with Crippen LogP contribution in [-0.2, 0) is 15.0 Å². The SMILES string of the molecule is COC(C)(C)C#Cc1ccc2c(c1)C1(COC=N1)c1cc(-c3cccnc3)cnc1O2. The predicted octanol–water partition coefficient (Wildman–Crippen LogP) is 4.33. The number of nitrogens with zero attached hydrogens (tertiary/aromatic N) is 3. The van der Waals surface area contributed by atoms with Crippen molar-refractivity contribution in [2.24, 2.45) is 4.99 Å². The number of ether oxygens (including phenoxy) is 3. The molecule has 6 heteroatoms. The Morgan fingerprint density at radius 2 is 2.00 bits per heavy atom. The molecule has 1 spiro atoms. The smallest absolute Gasteiger partial charge is 0.225 e. The average Bonchev–Trinajstić information content (AvgIpc) is 3.29. The summed E-state index contributed by atoms with van der Waals surface area (Å²) in [6, 6.07) is 11.8. The third-order valence-electron chi connectivity index (χ3n) is 5.58. The lowest BCUT2D eigenvalue weighted by Gasteiger charge is -2.33. The molecule has 31 heavy (non-hydrogen) atoms. The van der Waals surface area contributed by atoms with E-state index in [1.807, 2.05) is 50.4 Å². The van der Waals surface area contributed by atoms with E-state index in [0.717, 1.165) is 27.8 Å². The van der Waals surface area contributed by atoms with Crippen LogP contribution < -0.4 is 4.74 Å². The third kappa shape index (κ3) is 3.33. The highest BCUT2D eigenvalue weighted by Crippen LogP contribution is 2.50. The number of benzene rings is 1. The molecule has 1 unspecified atom stereocenters. The molecule has 154 valence electrons. The maximum absolute atomic E-state index is 6.15. The molecule has 4 heterocycles. The van der Waals surface area contributed by atoms with E-state index in [1.54, 1.807) is 19.5 Å². The molecule has 0 N–H and O–H groups in total. The highest BCUT2D eigenvalue weighted by molar-refractivity contribution is 5.69. The highest BCUT2D eigenvalue weighted by Gasteiger charge is 2.46. The number of pyridine rings is 2. The van der Waals surface area contributed by atoms with Gasteiger partial charge in [0, 0.05) is 48.0 Å². The van der Waals surface area contributed by atoms with E-state index in [4.69, 9.17) is 19.2 Å². The predicted molar refractivity (Wildman–Crippen MR) is 117 cm³/mol. The van der Waals surface area contributed by atoms with Gasteiger partial charge in [0.05, 0.1) is 5.56 Å². The lowest BCUT2D eigenvalue weighted by Crippen LogP contribution is -2.31. The molecule has 0 fully saturated rings. The standard InChI is InChI=1S/C25H21N3O3/c1-24(2,29-3)9-8-17-6-7-22-20(11-17)25(15-30-16-28-25)21-12-19(14-27-23(21)31-22)18-5-4-10-26-13-18/h4-7,10-14,16H,15H2,1-3H3. The minimum atomic E-state index is -0.734. The van der Waals surface area contributed by atoms with Crippen molar-refractivity contribution in [2.75, 3.05) is 13.7 Å². The molecule has 0 bridgehead atoms. The Labute approximate surface area is 180 Å². The van der Waals surface area contributed by atoms with Crippen LogP contribution >= 0.6 is 0 Å². The minimum absolute atomic E-state index is 0.370. The van der Waals surface area contributed by atoms with Crippen molar-refractivity contribution < 1.29 is 14.2 Å². The lowest BCUT2D eigenvalue weighted by atomic mass is 9.81. The topological polar surface area (TPSA) is 65.8 Å². The van der Waals surface area contributed by atoms with Gasteiger partial charge < -0.3 is 14.2 Å². The fourth-order valence-electron chi connectivity index (χ4n) is 3.68. The van der Waals surface area contributed by atoms with Crippen molar-refractivity contribution in [3.05, 3.63) is 71.7 Å². The van der Waals surface area contributed by atoms with Crippen LogP contribution in [0.2, 0.25) is 0 Å². The van der Waals surface area contributed by atoms with Crippen LogP contribution in [0.15, 0.2) is 60.0 Å². The number of methoxy groups -OCH3 is 1. The van der Waals surface area contributed by atoms with E-state index in [2.05, 4.69) is 27.9 Å². The van der Waals surface area contributed by atoms with Crippen LogP contribution in [0.4, 0.5) is 0 Å². The molecule has 0 saturated carbocycles. The fraction of sp³-hybridized carbons (Fsp3) is 0.240. The van der Waals surface area contributed by atoms with E-state index >= 15 is 0 Å². The first-order valence-electron chi connectivity index (χ1n) is 9.98. The molecular formula is C25H21N3O3. The van der Waals surface area contributed by atoms with Crippen LogP contribution in [-0.4, -0.2) is 35.7 Å². The molecule has 2 aromatic heterocycles. The third-order valence-corrected chi connectivity index (χ3v) is 5.58. The second kappa shape index (κ2) is 7.22. The van der Waals surface area contributed by atoms with Gasteiger partial charge in [0.25, 0.3) is 0 Å². The summed E-state index contributed by atoms with van der Waals surface area (Å²) in [5, 5.41) is 0. The first-order valence-corrected chi connectivity index (χ1v) is 9.98. The van der Waals surface area contributed by atoms with E-state index in [0.29, 0.717) is 18.2 Å². The van der Waals surface area contributed by atoms with E-state index < -0.39 is 11.1 Å². The lowest BCUT2D eigenvalue weighted by molar-refractivity contribution is 0.0742. The first kappa shape index (κ1) is 19.3. The van der Waals surface area contributed by atoms with Gasteiger partial charge in [-0.05, 0) is 44.2 Å². The molecule has 0 radical (unpaired) electrons. The van der Waals surface area contributed by atoms with Crippen molar-refractivity contribution >= 4 is 6.40 Å². The second-order valence-electron chi connectivity index (χ2n) is 8.00. The summed E-state index contributed by atoms with van der Waals surface area (Å²) in [7, 11) is 1.65.